The van der Waals surface area contributed by atoms with Gasteiger partial charge in [-0.25, -0.2) is 9.48 Å². The molecule has 0 unspecified atom stereocenters. The number of hydrogen-bond acceptors (Lipinski definition) is 3. The molecule has 2 rings (SSSR count). The number of aromatic nitrogens is 3. The van der Waals surface area contributed by atoms with Gasteiger partial charge in [-0.15, -0.1) is 0 Å². The maximum absolute atomic E-state index is 11.5. The van der Waals surface area contributed by atoms with Crippen molar-refractivity contribution in [1.29, 1.82) is 0 Å². The molecular formula is C11H13BrN4O. The van der Waals surface area contributed by atoms with E-state index in [1.165, 1.54) is 15.6 Å². The van der Waals surface area contributed by atoms with Gasteiger partial charge < -0.3 is 5.32 Å². The number of halogens is 1. The predicted molar refractivity (Wildman–Crippen MR) is 70.1 cm³/mol. The Balaban J connectivity index is 1.92. The first-order valence-corrected chi connectivity index (χ1v) is 6.04. The molecule has 0 aliphatic rings. The third-order valence-electron chi connectivity index (χ3n) is 2.36. The fraction of sp³-hybridized carbons (Fsp3) is 0.273. The molecule has 1 heterocycles. The van der Waals surface area contributed by atoms with Gasteiger partial charge in [0.05, 0.1) is 6.54 Å². The van der Waals surface area contributed by atoms with Crippen LogP contribution in [0.2, 0.25) is 0 Å². The van der Waals surface area contributed by atoms with Crippen molar-refractivity contribution < 1.29 is 0 Å². The van der Waals surface area contributed by atoms with Crippen LogP contribution in [0.15, 0.2) is 39.9 Å². The molecule has 0 aliphatic carbocycles. The topological polar surface area (TPSA) is 51.9 Å². The molecule has 17 heavy (non-hydrogen) atoms. The zero-order chi connectivity index (χ0) is 12.3. The van der Waals surface area contributed by atoms with Crippen LogP contribution in [0.5, 0.6) is 0 Å². The second-order valence-corrected chi connectivity index (χ2v) is 4.60. The highest BCUT2D eigenvalue weighted by Gasteiger charge is 2.00. The van der Waals surface area contributed by atoms with Gasteiger partial charge >= 0.3 is 5.69 Å². The second-order valence-electron chi connectivity index (χ2n) is 3.68. The van der Waals surface area contributed by atoms with Crippen LogP contribution in [0.4, 0.5) is 5.69 Å². The number of hydrogen-bond donors (Lipinski definition) is 1. The van der Waals surface area contributed by atoms with Gasteiger partial charge in [0, 0.05) is 23.8 Å². The fourth-order valence-corrected chi connectivity index (χ4v) is 1.88. The summed E-state index contributed by atoms with van der Waals surface area (Å²) in [6, 6.07) is 7.89. The molecule has 6 heteroatoms. The molecule has 1 aromatic heterocycles. The molecular weight excluding hydrogens is 284 g/mol. The van der Waals surface area contributed by atoms with E-state index < -0.39 is 0 Å². The molecule has 90 valence electrons. The molecule has 0 saturated heterocycles. The van der Waals surface area contributed by atoms with E-state index >= 15 is 0 Å². The molecule has 1 N–H and O–H groups in total. The summed E-state index contributed by atoms with van der Waals surface area (Å²) in [5.41, 5.74) is 0.921. The minimum absolute atomic E-state index is 0.0963. The zero-order valence-electron chi connectivity index (χ0n) is 9.43. The van der Waals surface area contributed by atoms with E-state index in [9.17, 15) is 4.79 Å². The standard InChI is InChI=1S/C11H13BrN4O/c1-15-8-14-16(11(15)17)6-5-13-10-4-2-3-9(12)7-10/h2-4,7-8,13H,5-6H2,1H3. The quantitative estimate of drug-likeness (QED) is 0.929. The van der Waals surface area contributed by atoms with E-state index in [4.69, 9.17) is 0 Å². The Labute approximate surface area is 107 Å². The summed E-state index contributed by atoms with van der Waals surface area (Å²) in [7, 11) is 1.69. The summed E-state index contributed by atoms with van der Waals surface area (Å²) in [6.45, 7) is 1.21. The van der Waals surface area contributed by atoms with Crippen LogP contribution in [-0.4, -0.2) is 20.9 Å². The van der Waals surface area contributed by atoms with Gasteiger partial charge in [0.25, 0.3) is 0 Å². The third kappa shape index (κ3) is 2.97. The largest absolute Gasteiger partial charge is 0.383 e. The highest BCUT2D eigenvalue weighted by atomic mass is 79.9. The van der Waals surface area contributed by atoms with Crippen LogP contribution < -0.4 is 11.0 Å². The number of nitrogens with one attached hydrogen (secondary N) is 1. The van der Waals surface area contributed by atoms with Gasteiger partial charge in [-0.3, -0.25) is 4.57 Å². The van der Waals surface area contributed by atoms with Crippen molar-refractivity contribution >= 4 is 21.6 Å². The molecule has 0 radical (unpaired) electrons. The van der Waals surface area contributed by atoms with Gasteiger partial charge in [0.2, 0.25) is 0 Å². The van der Waals surface area contributed by atoms with Crippen molar-refractivity contribution in [3.05, 3.63) is 45.5 Å². The maximum atomic E-state index is 11.5. The van der Waals surface area contributed by atoms with Crippen LogP contribution >= 0.6 is 15.9 Å². The van der Waals surface area contributed by atoms with Gasteiger partial charge in [-0.05, 0) is 18.2 Å². The number of nitrogens with zero attached hydrogens (tertiary/aromatic N) is 3. The van der Waals surface area contributed by atoms with E-state index in [1.807, 2.05) is 24.3 Å². The Morgan fingerprint density at radius 3 is 2.94 bits per heavy atom. The molecule has 0 spiro atoms. The molecule has 2 aromatic rings. The van der Waals surface area contributed by atoms with Gasteiger partial charge in [0.15, 0.2) is 0 Å². The number of benzene rings is 1. The number of anilines is 1. The highest BCUT2D eigenvalue weighted by molar-refractivity contribution is 9.10. The van der Waals surface area contributed by atoms with Crippen LogP contribution in [0.3, 0.4) is 0 Å². The monoisotopic (exact) mass is 296 g/mol. The van der Waals surface area contributed by atoms with Crippen molar-refractivity contribution in [1.82, 2.24) is 14.3 Å². The lowest BCUT2D eigenvalue weighted by Gasteiger charge is -2.05. The smallest absolute Gasteiger partial charge is 0.345 e. The molecule has 0 atom stereocenters. The molecule has 0 fully saturated rings. The zero-order valence-corrected chi connectivity index (χ0v) is 11.0. The van der Waals surface area contributed by atoms with E-state index in [0.29, 0.717) is 13.1 Å². The predicted octanol–water partition coefficient (Wildman–Crippen LogP) is 1.46. The SMILES string of the molecule is Cn1cnn(CCNc2cccc(Br)c2)c1=O. The molecule has 0 amide bonds. The Morgan fingerprint density at radius 1 is 1.47 bits per heavy atom. The van der Waals surface area contributed by atoms with E-state index in [1.54, 1.807) is 7.05 Å². The molecule has 0 saturated carbocycles. The summed E-state index contributed by atoms with van der Waals surface area (Å²) in [4.78, 5) is 11.5. The van der Waals surface area contributed by atoms with Crippen molar-refractivity contribution in [3.8, 4) is 0 Å². The minimum Gasteiger partial charge on any atom is -0.383 e. The van der Waals surface area contributed by atoms with E-state index in [-0.39, 0.29) is 5.69 Å². The normalized spacial score (nSPS) is 10.5. The Bertz CT molecular complexity index is 561. The average molecular weight is 297 g/mol. The van der Waals surface area contributed by atoms with Crippen molar-refractivity contribution in [2.45, 2.75) is 6.54 Å². The average Bonchev–Trinajstić information content (AvgIpc) is 2.61. The first-order valence-electron chi connectivity index (χ1n) is 5.25. The second kappa shape index (κ2) is 5.18. The molecule has 0 aliphatic heterocycles. The van der Waals surface area contributed by atoms with Crippen molar-refractivity contribution in [2.75, 3.05) is 11.9 Å². The van der Waals surface area contributed by atoms with Crippen LogP contribution in [0.1, 0.15) is 0 Å². The number of rotatable bonds is 4. The Morgan fingerprint density at radius 2 is 2.29 bits per heavy atom. The highest BCUT2D eigenvalue weighted by Crippen LogP contribution is 2.15. The maximum Gasteiger partial charge on any atom is 0.345 e. The minimum atomic E-state index is -0.0963. The summed E-state index contributed by atoms with van der Waals surface area (Å²) in [6.07, 6.45) is 1.52. The number of aryl methyl sites for hydroxylation is 1. The molecule has 1 aromatic carbocycles. The lowest BCUT2D eigenvalue weighted by atomic mass is 10.3. The summed E-state index contributed by atoms with van der Waals surface area (Å²) in [5.74, 6) is 0. The van der Waals surface area contributed by atoms with E-state index in [0.717, 1.165) is 10.2 Å². The summed E-state index contributed by atoms with van der Waals surface area (Å²) >= 11 is 3.40. The summed E-state index contributed by atoms with van der Waals surface area (Å²) < 4.78 is 3.92. The fourth-order valence-electron chi connectivity index (χ4n) is 1.48. The first kappa shape index (κ1) is 11.9. The van der Waals surface area contributed by atoms with Crippen LogP contribution in [0, 0.1) is 0 Å². The van der Waals surface area contributed by atoms with Gasteiger partial charge in [0.1, 0.15) is 6.33 Å². The van der Waals surface area contributed by atoms with Crippen LogP contribution in [0.25, 0.3) is 0 Å². The first-order chi connectivity index (χ1) is 8.16. The Kier molecular flexibility index (Phi) is 3.63. The van der Waals surface area contributed by atoms with Crippen LogP contribution in [-0.2, 0) is 13.6 Å². The van der Waals surface area contributed by atoms with Gasteiger partial charge in [-0.1, -0.05) is 22.0 Å². The Hall–Kier alpha value is -1.56. The van der Waals surface area contributed by atoms with E-state index in [2.05, 4.69) is 26.3 Å². The van der Waals surface area contributed by atoms with Gasteiger partial charge in [-0.2, -0.15) is 5.10 Å². The van der Waals surface area contributed by atoms with Crippen molar-refractivity contribution in [3.63, 3.8) is 0 Å². The molecule has 0 bridgehead atoms. The lowest BCUT2D eigenvalue weighted by molar-refractivity contribution is 0.605. The lowest BCUT2D eigenvalue weighted by Crippen LogP contribution is -2.25. The molecule has 5 nitrogen and oxygen atoms in total. The third-order valence-corrected chi connectivity index (χ3v) is 2.86. The summed E-state index contributed by atoms with van der Waals surface area (Å²) in [5, 5.41) is 7.21. The van der Waals surface area contributed by atoms with Crippen molar-refractivity contribution in [2.24, 2.45) is 7.05 Å².